The fourth-order valence-electron chi connectivity index (χ4n) is 3.39. The Morgan fingerprint density at radius 1 is 0.714 bits per heavy atom. The predicted molar refractivity (Wildman–Crippen MR) is 115 cm³/mol. The van der Waals surface area contributed by atoms with Gasteiger partial charge in [0.25, 0.3) is 0 Å². The minimum Gasteiger partial charge on any atom is -0.504 e. The average molecular weight is 393 g/mol. The van der Waals surface area contributed by atoms with Crippen molar-refractivity contribution in [1.29, 1.82) is 0 Å². The molecule has 0 aliphatic heterocycles. The maximum absolute atomic E-state index is 11.8. The van der Waals surface area contributed by atoms with Crippen LogP contribution in [0.5, 0.6) is 17.2 Å². The van der Waals surface area contributed by atoms with Gasteiger partial charge in [-0.25, -0.2) is 0 Å². The lowest BCUT2D eigenvalue weighted by Crippen LogP contribution is -2.07. The van der Waals surface area contributed by atoms with Gasteiger partial charge in [0.2, 0.25) is 0 Å². The zero-order valence-electron chi connectivity index (χ0n) is 17.8. The number of phenolic OH excluding ortho intramolecular Hbond substituents is 2. The van der Waals surface area contributed by atoms with Crippen LogP contribution in [0.25, 0.3) is 0 Å². The van der Waals surface area contributed by atoms with Gasteiger partial charge < -0.3 is 14.9 Å². The Labute approximate surface area is 171 Å². The van der Waals surface area contributed by atoms with Gasteiger partial charge in [-0.15, -0.1) is 0 Å². The number of esters is 1. The summed E-state index contributed by atoms with van der Waals surface area (Å²) >= 11 is 0. The molecule has 1 rings (SSSR count). The van der Waals surface area contributed by atoms with Crippen LogP contribution in [0.1, 0.15) is 110 Å². The quantitative estimate of drug-likeness (QED) is 0.127. The van der Waals surface area contributed by atoms with Gasteiger partial charge in [0.1, 0.15) is 5.75 Å². The number of ether oxygens (including phenoxy) is 1. The van der Waals surface area contributed by atoms with Gasteiger partial charge in [0, 0.05) is 12.5 Å². The summed E-state index contributed by atoms with van der Waals surface area (Å²) in [6.45, 7) is 2.26. The summed E-state index contributed by atoms with van der Waals surface area (Å²) in [5.41, 5.74) is 0. The third-order valence-electron chi connectivity index (χ3n) is 5.16. The summed E-state index contributed by atoms with van der Waals surface area (Å²) in [5, 5.41) is 18.6. The first kappa shape index (κ1) is 24.3. The Morgan fingerprint density at radius 2 is 1.18 bits per heavy atom. The molecule has 0 aliphatic carbocycles. The first-order valence-electron chi connectivity index (χ1n) is 11.4. The molecule has 0 fully saturated rings. The molecule has 0 saturated heterocycles. The van der Waals surface area contributed by atoms with E-state index in [0.717, 1.165) is 12.8 Å². The highest BCUT2D eigenvalue weighted by Crippen LogP contribution is 2.28. The number of hydrogen-bond donors (Lipinski definition) is 2. The van der Waals surface area contributed by atoms with Crippen molar-refractivity contribution in [3.63, 3.8) is 0 Å². The molecule has 28 heavy (non-hydrogen) atoms. The van der Waals surface area contributed by atoms with Crippen molar-refractivity contribution < 1.29 is 19.7 Å². The standard InChI is InChI=1S/C24H40O4/c1-2-3-4-5-6-7-8-9-10-11-12-13-14-15-16-17-24(27)28-21-18-19-22(25)23(26)20-21/h18-20,25-26H,2-17H2,1H3. The first-order chi connectivity index (χ1) is 13.6. The molecule has 0 heterocycles. The molecule has 2 N–H and O–H groups in total. The molecular weight excluding hydrogens is 352 g/mol. The van der Waals surface area contributed by atoms with Gasteiger partial charge in [0.05, 0.1) is 0 Å². The summed E-state index contributed by atoms with van der Waals surface area (Å²) < 4.78 is 5.16. The highest BCUT2D eigenvalue weighted by atomic mass is 16.5. The molecule has 1 aromatic rings. The van der Waals surface area contributed by atoms with E-state index in [4.69, 9.17) is 4.74 Å². The lowest BCUT2D eigenvalue weighted by atomic mass is 10.0. The van der Waals surface area contributed by atoms with E-state index in [0.29, 0.717) is 6.42 Å². The van der Waals surface area contributed by atoms with Crippen LogP contribution >= 0.6 is 0 Å². The topological polar surface area (TPSA) is 66.8 Å². The van der Waals surface area contributed by atoms with Gasteiger partial charge in [-0.1, -0.05) is 96.8 Å². The fraction of sp³-hybridized carbons (Fsp3) is 0.708. The zero-order valence-corrected chi connectivity index (χ0v) is 17.8. The number of carbonyl (C=O) groups excluding carboxylic acids is 1. The van der Waals surface area contributed by atoms with Crippen LogP contribution in [0, 0.1) is 0 Å². The summed E-state index contributed by atoms with van der Waals surface area (Å²) in [4.78, 5) is 11.8. The normalized spacial score (nSPS) is 10.9. The summed E-state index contributed by atoms with van der Waals surface area (Å²) in [7, 11) is 0. The minimum atomic E-state index is -0.292. The van der Waals surface area contributed by atoms with Crippen LogP contribution < -0.4 is 4.74 Å². The molecule has 0 spiro atoms. The highest BCUT2D eigenvalue weighted by molar-refractivity contribution is 5.72. The lowest BCUT2D eigenvalue weighted by Gasteiger charge is -2.06. The lowest BCUT2D eigenvalue weighted by molar-refractivity contribution is -0.134. The number of rotatable bonds is 17. The zero-order chi connectivity index (χ0) is 20.5. The van der Waals surface area contributed by atoms with Gasteiger partial charge in [-0.2, -0.15) is 0 Å². The van der Waals surface area contributed by atoms with E-state index < -0.39 is 0 Å². The van der Waals surface area contributed by atoms with Crippen molar-refractivity contribution in [2.45, 2.75) is 110 Å². The number of benzene rings is 1. The Morgan fingerprint density at radius 3 is 1.64 bits per heavy atom. The summed E-state index contributed by atoms with van der Waals surface area (Å²) in [5.74, 6) is -0.527. The second-order valence-electron chi connectivity index (χ2n) is 7.82. The van der Waals surface area contributed by atoms with Crippen LogP contribution in [0.4, 0.5) is 0 Å². The van der Waals surface area contributed by atoms with Gasteiger partial charge >= 0.3 is 5.97 Å². The van der Waals surface area contributed by atoms with E-state index in [1.54, 1.807) is 0 Å². The van der Waals surface area contributed by atoms with Crippen LogP contribution in [-0.4, -0.2) is 16.2 Å². The van der Waals surface area contributed by atoms with E-state index in [1.165, 1.54) is 102 Å². The number of unbranched alkanes of at least 4 members (excludes halogenated alkanes) is 14. The van der Waals surface area contributed by atoms with Crippen LogP contribution in [-0.2, 0) is 4.79 Å². The Bertz CT molecular complexity index is 527. The van der Waals surface area contributed by atoms with Crippen molar-refractivity contribution in [2.24, 2.45) is 0 Å². The van der Waals surface area contributed by atoms with Crippen LogP contribution in [0.3, 0.4) is 0 Å². The minimum absolute atomic E-state index is 0.220. The maximum Gasteiger partial charge on any atom is 0.311 e. The van der Waals surface area contributed by atoms with E-state index in [-0.39, 0.29) is 23.2 Å². The van der Waals surface area contributed by atoms with Crippen molar-refractivity contribution in [3.8, 4) is 17.2 Å². The summed E-state index contributed by atoms with van der Waals surface area (Å²) in [6.07, 6.45) is 19.8. The Kier molecular flexibility index (Phi) is 14.1. The molecule has 1 aromatic carbocycles. The van der Waals surface area contributed by atoms with E-state index >= 15 is 0 Å². The number of aromatic hydroxyl groups is 2. The SMILES string of the molecule is CCCCCCCCCCCCCCCCCC(=O)Oc1ccc(O)c(O)c1. The smallest absolute Gasteiger partial charge is 0.311 e. The van der Waals surface area contributed by atoms with Gasteiger partial charge in [-0.3, -0.25) is 4.79 Å². The van der Waals surface area contributed by atoms with E-state index in [1.807, 2.05) is 0 Å². The monoisotopic (exact) mass is 392 g/mol. The largest absolute Gasteiger partial charge is 0.504 e. The molecule has 0 aromatic heterocycles. The van der Waals surface area contributed by atoms with Crippen molar-refractivity contribution in [1.82, 2.24) is 0 Å². The molecule has 4 nitrogen and oxygen atoms in total. The molecule has 0 unspecified atom stereocenters. The van der Waals surface area contributed by atoms with Gasteiger partial charge in [-0.05, 0) is 18.6 Å². The summed E-state index contributed by atoms with van der Waals surface area (Å²) in [6, 6.07) is 4.03. The average Bonchev–Trinajstić information content (AvgIpc) is 2.68. The molecule has 0 saturated carbocycles. The molecule has 0 aliphatic rings. The van der Waals surface area contributed by atoms with Crippen molar-refractivity contribution in [2.75, 3.05) is 0 Å². The van der Waals surface area contributed by atoms with Crippen molar-refractivity contribution in [3.05, 3.63) is 18.2 Å². The Hall–Kier alpha value is -1.71. The van der Waals surface area contributed by atoms with Crippen molar-refractivity contribution >= 4 is 5.97 Å². The van der Waals surface area contributed by atoms with E-state index in [2.05, 4.69) is 6.92 Å². The third-order valence-corrected chi connectivity index (χ3v) is 5.16. The molecule has 0 radical (unpaired) electrons. The fourth-order valence-corrected chi connectivity index (χ4v) is 3.39. The molecule has 4 heteroatoms. The van der Waals surface area contributed by atoms with Crippen LogP contribution in [0.15, 0.2) is 18.2 Å². The molecule has 0 atom stereocenters. The third kappa shape index (κ3) is 12.6. The van der Waals surface area contributed by atoms with Crippen LogP contribution in [0.2, 0.25) is 0 Å². The molecule has 160 valence electrons. The van der Waals surface area contributed by atoms with E-state index in [9.17, 15) is 15.0 Å². The first-order valence-corrected chi connectivity index (χ1v) is 11.4. The number of hydrogen-bond acceptors (Lipinski definition) is 4. The highest BCUT2D eigenvalue weighted by Gasteiger charge is 2.07. The molecular formula is C24H40O4. The maximum atomic E-state index is 11.8. The second-order valence-corrected chi connectivity index (χ2v) is 7.82. The molecule has 0 bridgehead atoms. The van der Waals surface area contributed by atoms with Gasteiger partial charge in [0.15, 0.2) is 11.5 Å². The molecule has 0 amide bonds. The second kappa shape index (κ2) is 16.3. The predicted octanol–water partition coefficient (Wildman–Crippen LogP) is 7.26. The Balaban J connectivity index is 1.86. The number of carbonyl (C=O) groups is 1. The number of phenols is 2.